The molecular formula is C11H9F3O5. The molecule has 2 rings (SSSR count). The van der Waals surface area contributed by atoms with E-state index in [4.69, 9.17) is 14.2 Å². The van der Waals surface area contributed by atoms with Crippen molar-refractivity contribution in [1.29, 1.82) is 0 Å². The summed E-state index contributed by atoms with van der Waals surface area (Å²) in [5.74, 6) is 0.878. The molecule has 0 saturated carbocycles. The quantitative estimate of drug-likeness (QED) is 0.610. The molecule has 19 heavy (non-hydrogen) atoms. The van der Waals surface area contributed by atoms with Crippen LogP contribution in [0, 0.1) is 0 Å². The molecule has 104 valence electrons. The van der Waals surface area contributed by atoms with Gasteiger partial charge in [-0.1, -0.05) is 0 Å². The summed E-state index contributed by atoms with van der Waals surface area (Å²) < 4.78 is 53.9. The SMILES string of the molecule is O=Cc1cc2c(cc1OCCOC(F)(F)F)OCO2. The fraction of sp³-hybridized carbons (Fsp3) is 0.364. The maximum absolute atomic E-state index is 11.7. The van der Waals surface area contributed by atoms with Crippen LogP contribution in [0.5, 0.6) is 17.2 Å². The Morgan fingerprint density at radius 1 is 1.21 bits per heavy atom. The molecule has 1 aromatic carbocycles. The van der Waals surface area contributed by atoms with Crippen molar-refractivity contribution in [2.75, 3.05) is 20.0 Å². The lowest BCUT2D eigenvalue weighted by Gasteiger charge is -2.11. The number of hydrogen-bond acceptors (Lipinski definition) is 5. The molecule has 1 aliphatic rings. The van der Waals surface area contributed by atoms with Crippen LogP contribution in [0.4, 0.5) is 13.2 Å². The van der Waals surface area contributed by atoms with Gasteiger partial charge in [0.05, 0.1) is 12.2 Å². The van der Waals surface area contributed by atoms with E-state index in [1.807, 2.05) is 0 Å². The third kappa shape index (κ3) is 3.50. The van der Waals surface area contributed by atoms with Crippen molar-refractivity contribution in [2.24, 2.45) is 0 Å². The number of carbonyl (C=O) groups is 1. The number of ether oxygens (including phenoxy) is 4. The Kier molecular flexibility index (Phi) is 3.79. The van der Waals surface area contributed by atoms with Crippen LogP contribution in [0.2, 0.25) is 0 Å². The number of alkyl halides is 3. The number of benzene rings is 1. The average Bonchev–Trinajstić information content (AvgIpc) is 2.79. The Morgan fingerprint density at radius 2 is 1.89 bits per heavy atom. The Hall–Kier alpha value is -1.96. The first-order valence-corrected chi connectivity index (χ1v) is 5.22. The molecule has 0 bridgehead atoms. The molecule has 0 unspecified atom stereocenters. The third-order valence-electron chi connectivity index (χ3n) is 2.24. The maximum atomic E-state index is 11.7. The summed E-state index contributed by atoms with van der Waals surface area (Å²) in [7, 11) is 0. The highest BCUT2D eigenvalue weighted by molar-refractivity contribution is 5.81. The molecule has 0 saturated heterocycles. The second-order valence-electron chi connectivity index (χ2n) is 3.50. The summed E-state index contributed by atoms with van der Waals surface area (Å²) in [6.45, 7) is -0.996. The summed E-state index contributed by atoms with van der Waals surface area (Å²) in [4.78, 5) is 10.8. The van der Waals surface area contributed by atoms with Crippen LogP contribution in [-0.4, -0.2) is 32.7 Å². The topological polar surface area (TPSA) is 54.0 Å². The fourth-order valence-electron chi connectivity index (χ4n) is 1.47. The Labute approximate surface area is 105 Å². The standard InChI is InChI=1S/C11H9F3O5/c12-11(13,14)19-2-1-16-8-4-10-9(17-6-18-10)3-7(8)5-15/h3-5H,1-2,6H2. The molecule has 5 nitrogen and oxygen atoms in total. The molecule has 1 aliphatic heterocycles. The van der Waals surface area contributed by atoms with Crippen LogP contribution in [0.25, 0.3) is 0 Å². The van der Waals surface area contributed by atoms with Gasteiger partial charge in [-0.15, -0.1) is 13.2 Å². The van der Waals surface area contributed by atoms with Gasteiger partial charge in [-0.3, -0.25) is 9.53 Å². The van der Waals surface area contributed by atoms with Crippen molar-refractivity contribution in [3.8, 4) is 17.2 Å². The van der Waals surface area contributed by atoms with Crippen LogP contribution >= 0.6 is 0 Å². The summed E-state index contributed by atoms with van der Waals surface area (Å²) in [6, 6.07) is 2.79. The lowest BCUT2D eigenvalue weighted by Crippen LogP contribution is -2.18. The molecule has 0 amide bonds. The van der Waals surface area contributed by atoms with Crippen LogP contribution < -0.4 is 14.2 Å². The first kappa shape index (κ1) is 13.5. The predicted molar refractivity (Wildman–Crippen MR) is 55.5 cm³/mol. The first-order valence-electron chi connectivity index (χ1n) is 5.22. The monoisotopic (exact) mass is 278 g/mol. The second-order valence-corrected chi connectivity index (χ2v) is 3.50. The molecule has 0 N–H and O–H groups in total. The number of rotatable bonds is 5. The highest BCUT2D eigenvalue weighted by Gasteiger charge is 2.28. The minimum atomic E-state index is -4.70. The molecule has 0 aliphatic carbocycles. The van der Waals surface area contributed by atoms with E-state index in [0.29, 0.717) is 17.8 Å². The van der Waals surface area contributed by atoms with Gasteiger partial charge in [-0.2, -0.15) is 0 Å². The molecule has 0 radical (unpaired) electrons. The average molecular weight is 278 g/mol. The van der Waals surface area contributed by atoms with E-state index in [2.05, 4.69) is 4.74 Å². The lowest BCUT2D eigenvalue weighted by molar-refractivity contribution is -0.325. The van der Waals surface area contributed by atoms with Crippen molar-refractivity contribution < 1.29 is 36.9 Å². The van der Waals surface area contributed by atoms with Gasteiger partial charge in [-0.25, -0.2) is 0 Å². The van der Waals surface area contributed by atoms with Crippen molar-refractivity contribution in [3.63, 3.8) is 0 Å². The van der Waals surface area contributed by atoms with Crippen molar-refractivity contribution in [3.05, 3.63) is 17.7 Å². The molecule has 0 spiro atoms. The normalized spacial score (nSPS) is 13.4. The highest BCUT2D eigenvalue weighted by atomic mass is 19.4. The Morgan fingerprint density at radius 3 is 2.53 bits per heavy atom. The third-order valence-corrected chi connectivity index (χ3v) is 2.24. The minimum absolute atomic E-state index is 0.0221. The van der Waals surface area contributed by atoms with Crippen molar-refractivity contribution in [1.82, 2.24) is 0 Å². The number of halogens is 3. The van der Waals surface area contributed by atoms with Gasteiger partial charge in [0, 0.05) is 6.07 Å². The zero-order valence-corrected chi connectivity index (χ0v) is 9.53. The van der Waals surface area contributed by atoms with E-state index in [1.54, 1.807) is 0 Å². The minimum Gasteiger partial charge on any atom is -0.490 e. The first-order chi connectivity index (χ1) is 8.99. The molecule has 0 atom stereocenters. The lowest BCUT2D eigenvalue weighted by atomic mass is 10.2. The van der Waals surface area contributed by atoms with Crippen LogP contribution in [-0.2, 0) is 4.74 Å². The smallest absolute Gasteiger partial charge is 0.490 e. The summed E-state index contributed by atoms with van der Waals surface area (Å²) in [5, 5.41) is 0. The molecular weight excluding hydrogens is 269 g/mol. The molecule has 0 aromatic heterocycles. The zero-order chi connectivity index (χ0) is 13.9. The summed E-state index contributed by atoms with van der Waals surface area (Å²) in [5.41, 5.74) is 0.163. The van der Waals surface area contributed by atoms with Crippen molar-refractivity contribution in [2.45, 2.75) is 6.36 Å². The Balaban J connectivity index is 1.98. The second kappa shape index (κ2) is 5.35. The summed E-state index contributed by atoms with van der Waals surface area (Å²) >= 11 is 0. The van der Waals surface area contributed by atoms with Gasteiger partial charge in [0.25, 0.3) is 0 Å². The van der Waals surface area contributed by atoms with E-state index in [1.165, 1.54) is 12.1 Å². The molecule has 1 heterocycles. The maximum Gasteiger partial charge on any atom is 0.522 e. The Bertz CT molecular complexity index is 472. The number of aldehydes is 1. The molecule has 0 fully saturated rings. The van der Waals surface area contributed by atoms with Crippen molar-refractivity contribution >= 4 is 6.29 Å². The number of carbonyl (C=O) groups excluding carboxylic acids is 1. The van der Waals surface area contributed by atoms with Gasteiger partial charge in [-0.05, 0) is 6.07 Å². The molecule has 1 aromatic rings. The van der Waals surface area contributed by atoms with Gasteiger partial charge in [0.2, 0.25) is 6.79 Å². The largest absolute Gasteiger partial charge is 0.522 e. The van der Waals surface area contributed by atoms with Gasteiger partial charge in [0.15, 0.2) is 17.8 Å². The van der Waals surface area contributed by atoms with E-state index in [-0.39, 0.29) is 24.7 Å². The van der Waals surface area contributed by atoms with E-state index >= 15 is 0 Å². The van der Waals surface area contributed by atoms with Gasteiger partial charge < -0.3 is 14.2 Å². The zero-order valence-electron chi connectivity index (χ0n) is 9.53. The summed E-state index contributed by atoms with van der Waals surface area (Å²) in [6.07, 6.45) is -4.19. The van der Waals surface area contributed by atoms with E-state index in [9.17, 15) is 18.0 Å². The van der Waals surface area contributed by atoms with Crippen LogP contribution in [0.15, 0.2) is 12.1 Å². The molecule has 8 heteroatoms. The van der Waals surface area contributed by atoms with Gasteiger partial charge >= 0.3 is 6.36 Å². The van der Waals surface area contributed by atoms with Crippen LogP contribution in [0.1, 0.15) is 10.4 Å². The number of fused-ring (bicyclic) bond motifs is 1. The predicted octanol–water partition coefficient (Wildman–Crippen LogP) is 2.14. The highest BCUT2D eigenvalue weighted by Crippen LogP contribution is 2.37. The fourth-order valence-corrected chi connectivity index (χ4v) is 1.47. The van der Waals surface area contributed by atoms with E-state index in [0.717, 1.165) is 0 Å². The van der Waals surface area contributed by atoms with Crippen LogP contribution in [0.3, 0.4) is 0 Å². The van der Waals surface area contributed by atoms with Gasteiger partial charge in [0.1, 0.15) is 12.4 Å². The van der Waals surface area contributed by atoms with E-state index < -0.39 is 13.0 Å². The number of hydrogen-bond donors (Lipinski definition) is 0.